The zero-order valence-electron chi connectivity index (χ0n) is 20.0. The van der Waals surface area contributed by atoms with Crippen LogP contribution in [0.3, 0.4) is 0 Å². The maximum Gasteiger partial charge on any atom is 0.418 e. The van der Waals surface area contributed by atoms with Gasteiger partial charge in [0.1, 0.15) is 17.9 Å². The van der Waals surface area contributed by atoms with Gasteiger partial charge in [0, 0.05) is 28.6 Å². The summed E-state index contributed by atoms with van der Waals surface area (Å²) in [6.07, 6.45) is -6.30. The molecule has 4 aromatic rings. The fourth-order valence-corrected chi connectivity index (χ4v) is 4.06. The molecule has 0 saturated carbocycles. The Morgan fingerprint density at radius 1 is 1.05 bits per heavy atom. The van der Waals surface area contributed by atoms with Crippen LogP contribution >= 0.6 is 0 Å². The van der Waals surface area contributed by atoms with Gasteiger partial charge in [0.2, 0.25) is 0 Å². The van der Waals surface area contributed by atoms with Gasteiger partial charge in [0.05, 0.1) is 19.3 Å². The molecule has 3 N–H and O–H groups in total. The Hall–Kier alpha value is -3.82. The Bertz CT molecular complexity index is 1400. The minimum Gasteiger partial charge on any atom is -0.488 e. The largest absolute Gasteiger partial charge is 0.488 e. The number of alkyl halides is 3. The highest BCUT2D eigenvalue weighted by molar-refractivity contribution is 5.89. The number of esters is 1. The standard InChI is InChI=1S/C28H26F3NO5/c1-2-35-25(33)13-19-7-3-4-9-24(19)36-15-21-16-37-26-22(21)11-20(12-23(26)27(34)28(29,30)31)18-8-5-6-17(10-18)14-32/h3-12,16,27,34H,2,13-15,32H2,1H3. The van der Waals surface area contributed by atoms with E-state index in [0.29, 0.717) is 33.4 Å². The first-order valence-corrected chi connectivity index (χ1v) is 11.7. The van der Waals surface area contributed by atoms with Gasteiger partial charge in [-0.1, -0.05) is 36.4 Å². The minimum absolute atomic E-state index is 0.0136. The van der Waals surface area contributed by atoms with Crippen LogP contribution < -0.4 is 10.5 Å². The van der Waals surface area contributed by atoms with E-state index in [-0.39, 0.29) is 31.8 Å². The number of benzene rings is 3. The van der Waals surface area contributed by atoms with Crippen molar-refractivity contribution in [3.05, 3.63) is 89.2 Å². The third-order valence-electron chi connectivity index (χ3n) is 5.88. The monoisotopic (exact) mass is 513 g/mol. The van der Waals surface area contributed by atoms with Crippen molar-refractivity contribution >= 4 is 16.9 Å². The molecule has 0 aliphatic carbocycles. The number of rotatable bonds is 9. The van der Waals surface area contributed by atoms with Crippen LogP contribution in [-0.4, -0.2) is 23.9 Å². The number of aliphatic hydroxyl groups is 1. The maximum atomic E-state index is 13.5. The number of ether oxygens (including phenoxy) is 2. The molecule has 0 amide bonds. The van der Waals surface area contributed by atoms with Gasteiger partial charge in [0.15, 0.2) is 6.10 Å². The predicted octanol–water partition coefficient (Wildman–Crippen LogP) is 5.84. The van der Waals surface area contributed by atoms with Gasteiger partial charge in [-0.25, -0.2) is 0 Å². The quantitative estimate of drug-likeness (QED) is 0.273. The smallest absolute Gasteiger partial charge is 0.418 e. The Balaban J connectivity index is 1.73. The molecule has 0 fully saturated rings. The Morgan fingerprint density at radius 2 is 1.84 bits per heavy atom. The summed E-state index contributed by atoms with van der Waals surface area (Å²) in [6.45, 7) is 2.20. The normalized spacial score (nSPS) is 12.5. The topological polar surface area (TPSA) is 94.9 Å². The lowest BCUT2D eigenvalue weighted by Crippen LogP contribution is -2.20. The van der Waals surface area contributed by atoms with Crippen LogP contribution in [-0.2, 0) is 29.1 Å². The average molecular weight is 514 g/mol. The van der Waals surface area contributed by atoms with Gasteiger partial charge < -0.3 is 24.7 Å². The summed E-state index contributed by atoms with van der Waals surface area (Å²) in [4.78, 5) is 12.0. The molecule has 1 aromatic heterocycles. The van der Waals surface area contributed by atoms with Crippen molar-refractivity contribution in [1.29, 1.82) is 0 Å². The Kier molecular flexibility index (Phi) is 7.85. The minimum atomic E-state index is -4.89. The molecule has 0 aliphatic heterocycles. The molecule has 194 valence electrons. The number of aliphatic hydroxyl groups excluding tert-OH is 1. The Labute approximate surface area is 211 Å². The number of halogens is 3. The molecule has 1 atom stereocenters. The van der Waals surface area contributed by atoms with Crippen molar-refractivity contribution in [2.24, 2.45) is 5.73 Å². The lowest BCUT2D eigenvalue weighted by atomic mass is 9.95. The van der Waals surface area contributed by atoms with Crippen LogP contribution in [0.5, 0.6) is 5.75 Å². The lowest BCUT2D eigenvalue weighted by Gasteiger charge is -2.17. The molecule has 1 unspecified atom stereocenters. The van der Waals surface area contributed by atoms with E-state index in [1.54, 1.807) is 55.5 Å². The van der Waals surface area contributed by atoms with Gasteiger partial charge in [-0.05, 0) is 47.9 Å². The van der Waals surface area contributed by atoms with Crippen molar-refractivity contribution in [1.82, 2.24) is 0 Å². The summed E-state index contributed by atoms with van der Waals surface area (Å²) in [7, 11) is 0. The first kappa shape index (κ1) is 26.2. The van der Waals surface area contributed by atoms with Crippen molar-refractivity contribution in [2.75, 3.05) is 6.61 Å². The zero-order valence-corrected chi connectivity index (χ0v) is 20.0. The second-order valence-electron chi connectivity index (χ2n) is 8.43. The molecule has 3 aromatic carbocycles. The van der Waals surface area contributed by atoms with E-state index in [1.165, 1.54) is 12.3 Å². The summed E-state index contributed by atoms with van der Waals surface area (Å²) in [5.41, 5.74) is 8.27. The van der Waals surface area contributed by atoms with Gasteiger partial charge in [-0.2, -0.15) is 13.2 Å². The van der Waals surface area contributed by atoms with E-state index in [2.05, 4.69) is 0 Å². The molecule has 0 bridgehead atoms. The van der Waals surface area contributed by atoms with Crippen LogP contribution in [0, 0.1) is 0 Å². The molecule has 37 heavy (non-hydrogen) atoms. The van der Waals surface area contributed by atoms with Crippen molar-refractivity contribution in [2.45, 2.75) is 38.8 Å². The second-order valence-corrected chi connectivity index (χ2v) is 8.43. The molecule has 1 heterocycles. The van der Waals surface area contributed by atoms with E-state index < -0.39 is 23.8 Å². The van der Waals surface area contributed by atoms with Crippen molar-refractivity contribution < 1.29 is 37.0 Å². The van der Waals surface area contributed by atoms with Crippen molar-refractivity contribution in [3.63, 3.8) is 0 Å². The van der Waals surface area contributed by atoms with Crippen LogP contribution in [0.2, 0.25) is 0 Å². The third-order valence-corrected chi connectivity index (χ3v) is 5.88. The van der Waals surface area contributed by atoms with Crippen LogP contribution in [0.4, 0.5) is 13.2 Å². The van der Waals surface area contributed by atoms with Crippen LogP contribution in [0.1, 0.15) is 35.3 Å². The molecule has 9 heteroatoms. The van der Waals surface area contributed by atoms with E-state index >= 15 is 0 Å². The molecule has 0 saturated heterocycles. The van der Waals surface area contributed by atoms with Crippen LogP contribution in [0.15, 0.2) is 71.3 Å². The number of para-hydroxylation sites is 1. The molecular formula is C28H26F3NO5. The predicted molar refractivity (Wildman–Crippen MR) is 132 cm³/mol. The number of hydrogen-bond donors (Lipinski definition) is 2. The fraction of sp³-hybridized carbons (Fsp3) is 0.250. The lowest BCUT2D eigenvalue weighted by molar-refractivity contribution is -0.206. The second kappa shape index (κ2) is 11.1. The van der Waals surface area contributed by atoms with Gasteiger partial charge in [-0.15, -0.1) is 0 Å². The summed E-state index contributed by atoms with van der Waals surface area (Å²) in [5, 5.41) is 10.5. The zero-order chi connectivity index (χ0) is 26.6. The SMILES string of the molecule is CCOC(=O)Cc1ccccc1OCc1coc2c(C(O)C(F)(F)F)cc(-c3cccc(CN)c3)cc12. The first-order valence-electron chi connectivity index (χ1n) is 11.7. The molecule has 6 nitrogen and oxygen atoms in total. The molecule has 4 rings (SSSR count). The Morgan fingerprint density at radius 3 is 2.57 bits per heavy atom. The summed E-state index contributed by atoms with van der Waals surface area (Å²) >= 11 is 0. The third kappa shape index (κ3) is 5.95. The van der Waals surface area contributed by atoms with Crippen molar-refractivity contribution in [3.8, 4) is 16.9 Å². The highest BCUT2D eigenvalue weighted by atomic mass is 19.4. The number of furan rings is 1. The number of hydrogen-bond acceptors (Lipinski definition) is 6. The van der Waals surface area contributed by atoms with E-state index in [9.17, 15) is 23.1 Å². The highest BCUT2D eigenvalue weighted by Gasteiger charge is 2.41. The summed E-state index contributed by atoms with van der Waals surface area (Å²) in [5.74, 6) is 0.0368. The number of fused-ring (bicyclic) bond motifs is 1. The number of carbonyl (C=O) groups is 1. The van der Waals surface area contributed by atoms with E-state index in [0.717, 1.165) is 5.56 Å². The van der Waals surface area contributed by atoms with E-state index in [1.807, 2.05) is 6.07 Å². The van der Waals surface area contributed by atoms with Gasteiger partial charge in [0.25, 0.3) is 0 Å². The average Bonchev–Trinajstić information content (AvgIpc) is 3.29. The van der Waals surface area contributed by atoms with Gasteiger partial charge >= 0.3 is 12.1 Å². The fourth-order valence-electron chi connectivity index (χ4n) is 4.06. The van der Waals surface area contributed by atoms with Crippen LogP contribution in [0.25, 0.3) is 22.1 Å². The first-order chi connectivity index (χ1) is 17.7. The molecule has 0 radical (unpaired) electrons. The molecular weight excluding hydrogens is 487 g/mol. The summed E-state index contributed by atoms with van der Waals surface area (Å²) < 4.78 is 57.0. The summed E-state index contributed by atoms with van der Waals surface area (Å²) in [6, 6.07) is 17.0. The molecule has 0 aliphatic rings. The highest BCUT2D eigenvalue weighted by Crippen LogP contribution is 2.40. The van der Waals surface area contributed by atoms with E-state index in [4.69, 9.17) is 19.6 Å². The number of carbonyl (C=O) groups excluding carboxylic acids is 1. The number of nitrogens with two attached hydrogens (primary N) is 1. The molecule has 0 spiro atoms. The maximum absolute atomic E-state index is 13.5. The van der Waals surface area contributed by atoms with Gasteiger partial charge in [-0.3, -0.25) is 4.79 Å².